The van der Waals surface area contributed by atoms with Gasteiger partial charge in [-0.1, -0.05) is 17.7 Å². The Morgan fingerprint density at radius 3 is 2.60 bits per heavy atom. The van der Waals surface area contributed by atoms with Crippen molar-refractivity contribution in [3.63, 3.8) is 0 Å². The largest absolute Gasteiger partial charge is 0.508 e. The van der Waals surface area contributed by atoms with Gasteiger partial charge in [0.25, 0.3) is 6.43 Å². The van der Waals surface area contributed by atoms with Gasteiger partial charge in [-0.25, -0.2) is 8.78 Å². The first-order valence-corrected chi connectivity index (χ1v) is 4.75. The number of rotatable bonds is 3. The molecule has 0 spiro atoms. The predicted molar refractivity (Wildman–Crippen MR) is 55.4 cm³/mol. The Balaban J connectivity index is 2.90. The first-order chi connectivity index (χ1) is 6.83. The molecule has 1 aromatic rings. The minimum atomic E-state index is -2.62. The van der Waals surface area contributed by atoms with Crippen molar-refractivity contribution in [1.29, 1.82) is 0 Å². The van der Waals surface area contributed by atoms with E-state index in [-0.39, 0.29) is 17.2 Å². The monoisotopic (exact) mass is 235 g/mol. The van der Waals surface area contributed by atoms with E-state index in [1.54, 1.807) is 0 Å². The van der Waals surface area contributed by atoms with Crippen LogP contribution >= 0.6 is 11.6 Å². The second kappa shape index (κ2) is 4.33. The maximum Gasteiger partial charge on any atom is 0.256 e. The molecule has 2 nitrogen and oxygen atoms in total. The molecule has 0 radical (unpaired) electrons. The number of hydrogen-bond acceptors (Lipinski definition) is 2. The Morgan fingerprint density at radius 2 is 2.13 bits per heavy atom. The lowest BCUT2D eigenvalue weighted by Gasteiger charge is -2.23. The summed E-state index contributed by atoms with van der Waals surface area (Å²) in [6.45, 7) is 1.26. The van der Waals surface area contributed by atoms with Crippen molar-refractivity contribution in [2.45, 2.75) is 25.3 Å². The average Bonchev–Trinajstić information content (AvgIpc) is 2.09. The summed E-state index contributed by atoms with van der Waals surface area (Å²) >= 11 is 5.78. The van der Waals surface area contributed by atoms with E-state index >= 15 is 0 Å². The van der Waals surface area contributed by atoms with E-state index < -0.39 is 12.0 Å². The predicted octanol–water partition coefficient (Wildman–Crippen LogP) is 2.57. The summed E-state index contributed by atoms with van der Waals surface area (Å²) in [6, 6.07) is 4.19. The molecule has 0 aromatic heterocycles. The SMILES string of the molecule is CC(N)(Cc1ccc(O)cc1Cl)C(F)F. The highest BCUT2D eigenvalue weighted by atomic mass is 35.5. The number of phenolic OH excluding ortho intramolecular Hbond substituents is 1. The van der Waals surface area contributed by atoms with Crippen LogP contribution in [0.1, 0.15) is 12.5 Å². The van der Waals surface area contributed by atoms with Gasteiger partial charge in [0.05, 0.1) is 5.54 Å². The minimum Gasteiger partial charge on any atom is -0.508 e. The van der Waals surface area contributed by atoms with Crippen LogP contribution in [0.15, 0.2) is 18.2 Å². The quantitative estimate of drug-likeness (QED) is 0.846. The van der Waals surface area contributed by atoms with Crippen molar-refractivity contribution < 1.29 is 13.9 Å². The maximum atomic E-state index is 12.5. The van der Waals surface area contributed by atoms with Crippen LogP contribution in [0.3, 0.4) is 0 Å². The summed E-state index contributed by atoms with van der Waals surface area (Å²) < 4.78 is 25.0. The van der Waals surface area contributed by atoms with Crippen LogP contribution in [-0.4, -0.2) is 17.1 Å². The standard InChI is InChI=1S/C10H12ClF2NO/c1-10(14,9(12)13)5-6-2-3-7(15)4-8(6)11/h2-4,9,15H,5,14H2,1H3. The summed E-state index contributed by atoms with van der Waals surface area (Å²) in [5.41, 5.74) is 4.32. The number of benzene rings is 1. The Hall–Kier alpha value is -0.870. The molecule has 0 saturated carbocycles. The van der Waals surface area contributed by atoms with E-state index in [2.05, 4.69) is 0 Å². The van der Waals surface area contributed by atoms with Crippen LogP contribution in [-0.2, 0) is 6.42 Å². The smallest absolute Gasteiger partial charge is 0.256 e. The third-order valence-electron chi connectivity index (χ3n) is 2.11. The molecule has 15 heavy (non-hydrogen) atoms. The van der Waals surface area contributed by atoms with E-state index in [1.165, 1.54) is 25.1 Å². The molecule has 1 unspecified atom stereocenters. The van der Waals surface area contributed by atoms with Crippen LogP contribution in [0.25, 0.3) is 0 Å². The van der Waals surface area contributed by atoms with Gasteiger partial charge in [-0.2, -0.15) is 0 Å². The van der Waals surface area contributed by atoms with Crippen LogP contribution in [0.5, 0.6) is 5.75 Å². The van der Waals surface area contributed by atoms with E-state index in [0.717, 1.165) is 0 Å². The normalized spacial score (nSPS) is 15.3. The van der Waals surface area contributed by atoms with E-state index in [9.17, 15) is 8.78 Å². The Labute approximate surface area is 91.7 Å². The van der Waals surface area contributed by atoms with Crippen molar-refractivity contribution in [2.75, 3.05) is 0 Å². The maximum absolute atomic E-state index is 12.5. The molecule has 1 aromatic carbocycles. The fourth-order valence-electron chi connectivity index (χ4n) is 1.17. The Bertz CT molecular complexity index is 355. The Morgan fingerprint density at radius 1 is 1.53 bits per heavy atom. The molecule has 1 rings (SSSR count). The fraction of sp³-hybridized carbons (Fsp3) is 0.400. The van der Waals surface area contributed by atoms with Gasteiger partial charge in [0, 0.05) is 5.02 Å². The second-order valence-corrected chi connectivity index (χ2v) is 4.17. The topological polar surface area (TPSA) is 46.2 Å². The van der Waals surface area contributed by atoms with Crippen molar-refractivity contribution in [3.8, 4) is 5.75 Å². The lowest BCUT2D eigenvalue weighted by Crippen LogP contribution is -2.45. The number of hydrogen-bond donors (Lipinski definition) is 2. The first kappa shape index (κ1) is 12.2. The van der Waals surface area contributed by atoms with Gasteiger partial charge >= 0.3 is 0 Å². The van der Waals surface area contributed by atoms with Gasteiger partial charge in [-0.05, 0) is 31.0 Å². The minimum absolute atomic E-state index is 0.000443. The molecule has 0 aliphatic rings. The van der Waals surface area contributed by atoms with Gasteiger partial charge in [0.2, 0.25) is 0 Å². The third-order valence-corrected chi connectivity index (χ3v) is 2.46. The van der Waals surface area contributed by atoms with Gasteiger partial charge in [0.1, 0.15) is 5.75 Å². The first-order valence-electron chi connectivity index (χ1n) is 4.37. The molecule has 0 saturated heterocycles. The molecule has 0 heterocycles. The summed E-state index contributed by atoms with van der Waals surface area (Å²) in [5, 5.41) is 9.32. The number of aromatic hydroxyl groups is 1. The van der Waals surface area contributed by atoms with Gasteiger partial charge < -0.3 is 10.8 Å². The zero-order valence-electron chi connectivity index (χ0n) is 8.17. The lowest BCUT2D eigenvalue weighted by atomic mass is 9.94. The molecule has 0 bridgehead atoms. The van der Waals surface area contributed by atoms with E-state index in [4.69, 9.17) is 22.4 Å². The van der Waals surface area contributed by atoms with Gasteiger partial charge in [-0.15, -0.1) is 0 Å². The highest BCUT2D eigenvalue weighted by Gasteiger charge is 2.31. The highest BCUT2D eigenvalue weighted by Crippen LogP contribution is 2.26. The molecule has 0 aliphatic heterocycles. The molecular weight excluding hydrogens is 224 g/mol. The van der Waals surface area contributed by atoms with Crippen LogP contribution in [0, 0.1) is 0 Å². The molecule has 1 atom stereocenters. The van der Waals surface area contributed by atoms with Crippen LogP contribution in [0.2, 0.25) is 5.02 Å². The molecule has 5 heteroatoms. The Kier molecular flexibility index (Phi) is 3.52. The zero-order chi connectivity index (χ0) is 11.6. The number of nitrogens with two attached hydrogens (primary N) is 1. The molecular formula is C10H12ClF2NO. The molecule has 0 aliphatic carbocycles. The average molecular weight is 236 g/mol. The summed E-state index contributed by atoms with van der Waals surface area (Å²) in [4.78, 5) is 0. The van der Waals surface area contributed by atoms with Crippen LogP contribution < -0.4 is 5.73 Å². The van der Waals surface area contributed by atoms with Gasteiger partial charge in [0.15, 0.2) is 0 Å². The van der Waals surface area contributed by atoms with E-state index in [1.807, 2.05) is 0 Å². The van der Waals surface area contributed by atoms with Crippen molar-refractivity contribution >= 4 is 11.6 Å². The summed E-state index contributed by atoms with van der Waals surface area (Å²) in [7, 11) is 0. The van der Waals surface area contributed by atoms with Crippen molar-refractivity contribution in [3.05, 3.63) is 28.8 Å². The van der Waals surface area contributed by atoms with Crippen LogP contribution in [0.4, 0.5) is 8.78 Å². The van der Waals surface area contributed by atoms with E-state index in [0.29, 0.717) is 5.56 Å². The molecule has 3 N–H and O–H groups in total. The third kappa shape index (κ3) is 3.04. The fourth-order valence-corrected chi connectivity index (χ4v) is 1.41. The summed E-state index contributed by atoms with van der Waals surface area (Å²) in [6.07, 6.45) is -2.66. The number of phenols is 1. The molecule has 0 amide bonds. The second-order valence-electron chi connectivity index (χ2n) is 3.76. The molecule has 84 valence electrons. The lowest BCUT2D eigenvalue weighted by molar-refractivity contribution is 0.0639. The summed E-state index contributed by atoms with van der Waals surface area (Å²) in [5.74, 6) is -0.000443. The van der Waals surface area contributed by atoms with Crippen molar-refractivity contribution in [1.82, 2.24) is 0 Å². The molecule has 0 fully saturated rings. The number of halogens is 3. The van der Waals surface area contributed by atoms with Crippen molar-refractivity contribution in [2.24, 2.45) is 5.73 Å². The highest BCUT2D eigenvalue weighted by molar-refractivity contribution is 6.31. The zero-order valence-corrected chi connectivity index (χ0v) is 8.93. The number of alkyl halides is 2. The van der Waals surface area contributed by atoms with Gasteiger partial charge in [-0.3, -0.25) is 0 Å².